The van der Waals surface area contributed by atoms with E-state index < -0.39 is 110 Å². The highest BCUT2D eigenvalue weighted by Crippen LogP contribution is 2.41. The Hall–Kier alpha value is -2.77. The first-order valence-corrected chi connectivity index (χ1v) is 12.7. The molecule has 10 N–H and O–H groups in total. The second-order valence-corrected chi connectivity index (χ2v) is 10.0. The smallest absolute Gasteiger partial charge is 0.340 e. The number of rotatable bonds is 10. The largest absolute Gasteiger partial charge is 0.479 e. The minimum atomic E-state index is -2.92. The van der Waals surface area contributed by atoms with Crippen molar-refractivity contribution < 1.29 is 74.6 Å². The Bertz CT molecular complexity index is 1060. The lowest BCUT2D eigenvalue weighted by Gasteiger charge is -2.52. The summed E-state index contributed by atoms with van der Waals surface area (Å²) in [6.45, 7) is -0.904. The van der Waals surface area contributed by atoms with Gasteiger partial charge in [0.15, 0.2) is 5.60 Å². The third kappa shape index (κ3) is 6.67. The van der Waals surface area contributed by atoms with E-state index in [1.807, 2.05) is 0 Å². The van der Waals surface area contributed by atoms with Crippen LogP contribution in [0.3, 0.4) is 0 Å². The van der Waals surface area contributed by atoms with Crippen molar-refractivity contribution >= 4 is 17.8 Å². The molecule has 0 saturated carbocycles. The van der Waals surface area contributed by atoms with Gasteiger partial charge < -0.3 is 65.5 Å². The van der Waals surface area contributed by atoms with Crippen LogP contribution >= 0.6 is 0 Å². The van der Waals surface area contributed by atoms with E-state index in [9.17, 15) is 60.3 Å². The van der Waals surface area contributed by atoms with Crippen molar-refractivity contribution in [3.05, 3.63) is 35.9 Å². The van der Waals surface area contributed by atoms with Crippen LogP contribution < -0.4 is 5.32 Å². The van der Waals surface area contributed by atoms with Crippen LogP contribution in [0.1, 0.15) is 23.7 Å². The van der Waals surface area contributed by atoms with Gasteiger partial charge in [-0.2, -0.15) is 0 Å². The van der Waals surface area contributed by atoms with Gasteiger partial charge in [-0.05, 0) is 12.1 Å². The normalized spacial score (nSPS) is 36.0. The molecule has 1 aromatic carbocycles. The van der Waals surface area contributed by atoms with E-state index in [1.165, 1.54) is 24.3 Å². The van der Waals surface area contributed by atoms with Crippen molar-refractivity contribution in [3.63, 3.8) is 0 Å². The molecule has 16 nitrogen and oxygen atoms in total. The zero-order valence-corrected chi connectivity index (χ0v) is 21.8. The predicted molar refractivity (Wildman–Crippen MR) is 132 cm³/mol. The van der Waals surface area contributed by atoms with E-state index >= 15 is 0 Å². The van der Waals surface area contributed by atoms with Crippen LogP contribution in [0.4, 0.5) is 0 Å². The predicted octanol–water partition coefficient (Wildman–Crippen LogP) is -4.55. The van der Waals surface area contributed by atoms with Gasteiger partial charge in [0.2, 0.25) is 12.2 Å². The summed E-state index contributed by atoms with van der Waals surface area (Å²) in [5, 5.41) is 96.4. The van der Waals surface area contributed by atoms with Crippen molar-refractivity contribution in [2.45, 2.75) is 80.1 Å². The van der Waals surface area contributed by atoms with Gasteiger partial charge in [0.25, 0.3) is 0 Å². The first kappa shape index (κ1) is 32.7. The number of aliphatic hydroxyl groups excluding tert-OH is 8. The molecule has 0 aromatic heterocycles. The summed E-state index contributed by atoms with van der Waals surface area (Å²) >= 11 is 0. The fraction of sp³-hybridized carbons (Fsp3) is 0.640. The number of benzene rings is 1. The summed E-state index contributed by atoms with van der Waals surface area (Å²) in [5.74, 6) is -5.63. The maximum atomic E-state index is 12.6. The van der Waals surface area contributed by atoms with Gasteiger partial charge in [0.05, 0.1) is 37.0 Å². The second kappa shape index (κ2) is 13.5. The highest BCUT2D eigenvalue weighted by molar-refractivity contribution is 5.89. The van der Waals surface area contributed by atoms with Crippen molar-refractivity contribution in [2.75, 3.05) is 13.2 Å². The standard InChI is InChI=1S/C25H35NO15/c1-10(29)26-16-12(30)7-25(24(37)38,41-20(16)17(32)13(31)8-27)21(35)15-18(33)14(9-28)39-23(19(15)34)40-22(36)11-5-3-2-4-6-11/h2-6,12-21,23,27-28,30-35H,7-9H2,1H3,(H,26,29)(H,37,38)/t12?,13?,14?,15?,16?,17?,18?,19?,20?,21-,23?,25?/m1/s1. The Balaban J connectivity index is 2.00. The molecule has 0 aliphatic carbocycles. The topological polar surface area (TPSA) is 273 Å². The fourth-order valence-corrected chi connectivity index (χ4v) is 5.14. The van der Waals surface area contributed by atoms with Crippen molar-refractivity contribution in [1.82, 2.24) is 5.32 Å². The Kier molecular flexibility index (Phi) is 10.8. The number of carboxylic acids is 1. The number of nitrogens with one attached hydrogen (secondary N) is 1. The van der Waals surface area contributed by atoms with E-state index in [4.69, 9.17) is 14.2 Å². The maximum absolute atomic E-state index is 12.6. The molecule has 1 amide bonds. The maximum Gasteiger partial charge on any atom is 0.340 e. The third-order valence-corrected chi connectivity index (χ3v) is 7.29. The number of carbonyl (C=O) groups is 3. The zero-order chi connectivity index (χ0) is 30.6. The molecule has 1 aromatic rings. The van der Waals surface area contributed by atoms with Crippen LogP contribution in [-0.2, 0) is 23.8 Å². The number of amides is 1. The van der Waals surface area contributed by atoms with Crippen LogP contribution in [0.15, 0.2) is 30.3 Å². The molecule has 41 heavy (non-hydrogen) atoms. The van der Waals surface area contributed by atoms with Crippen LogP contribution in [0.5, 0.6) is 0 Å². The molecule has 11 unspecified atom stereocenters. The number of carboxylic acid groups (broad SMARTS) is 1. The molecular weight excluding hydrogens is 554 g/mol. The summed E-state index contributed by atoms with van der Waals surface area (Å²) in [5.41, 5.74) is -2.89. The van der Waals surface area contributed by atoms with Gasteiger partial charge >= 0.3 is 11.9 Å². The van der Waals surface area contributed by atoms with E-state index in [2.05, 4.69) is 5.32 Å². The molecule has 2 aliphatic rings. The summed E-state index contributed by atoms with van der Waals surface area (Å²) < 4.78 is 16.1. The van der Waals surface area contributed by atoms with Crippen molar-refractivity contribution in [2.24, 2.45) is 5.92 Å². The summed E-state index contributed by atoms with van der Waals surface area (Å²) in [4.78, 5) is 37.0. The minimum Gasteiger partial charge on any atom is -0.479 e. The molecule has 2 saturated heterocycles. The summed E-state index contributed by atoms with van der Waals surface area (Å²) in [6.07, 6.45) is -18.9. The molecular formula is C25H35NO15. The highest BCUT2D eigenvalue weighted by Gasteiger charge is 2.63. The minimum absolute atomic E-state index is 0.0381. The number of esters is 1. The lowest BCUT2D eigenvalue weighted by atomic mass is 9.72. The molecule has 16 heteroatoms. The Morgan fingerprint density at radius 2 is 1.71 bits per heavy atom. The quantitative estimate of drug-likeness (QED) is 0.115. The highest BCUT2D eigenvalue weighted by atomic mass is 16.7. The number of hydrogen-bond acceptors (Lipinski definition) is 14. The molecule has 2 fully saturated rings. The van der Waals surface area contributed by atoms with Gasteiger partial charge in [-0.25, -0.2) is 9.59 Å². The Morgan fingerprint density at radius 1 is 1.07 bits per heavy atom. The van der Waals surface area contributed by atoms with E-state index in [-0.39, 0.29) is 5.56 Å². The molecule has 230 valence electrons. The van der Waals surface area contributed by atoms with Crippen molar-refractivity contribution in [3.8, 4) is 0 Å². The Morgan fingerprint density at radius 3 is 2.24 bits per heavy atom. The van der Waals surface area contributed by atoms with E-state index in [0.29, 0.717) is 0 Å². The van der Waals surface area contributed by atoms with Crippen LogP contribution in [-0.4, -0.2) is 144 Å². The summed E-state index contributed by atoms with van der Waals surface area (Å²) in [6, 6.07) is 5.91. The molecule has 0 spiro atoms. The molecule has 2 aliphatic heterocycles. The summed E-state index contributed by atoms with van der Waals surface area (Å²) in [7, 11) is 0. The van der Waals surface area contributed by atoms with Gasteiger partial charge in [0, 0.05) is 19.3 Å². The first-order chi connectivity index (χ1) is 19.3. The lowest BCUT2D eigenvalue weighted by molar-refractivity contribution is -0.309. The lowest BCUT2D eigenvalue weighted by Crippen LogP contribution is -2.73. The van der Waals surface area contributed by atoms with Gasteiger partial charge in [-0.3, -0.25) is 4.79 Å². The SMILES string of the molecule is CC(=O)NC1C(O)CC(C(=O)O)([C@H](O)C2C(O)C(CO)OC(OC(=O)c3ccccc3)C2O)OC1C(O)C(O)CO. The van der Waals surface area contributed by atoms with E-state index in [1.54, 1.807) is 6.07 Å². The van der Waals surface area contributed by atoms with Gasteiger partial charge in [-0.1, -0.05) is 18.2 Å². The first-order valence-electron chi connectivity index (χ1n) is 12.7. The molecule has 0 radical (unpaired) electrons. The number of aliphatic hydroxyl groups is 8. The third-order valence-electron chi connectivity index (χ3n) is 7.29. The zero-order valence-electron chi connectivity index (χ0n) is 21.8. The molecule has 2 heterocycles. The van der Waals surface area contributed by atoms with Gasteiger partial charge in [0.1, 0.15) is 36.6 Å². The number of hydrogen-bond donors (Lipinski definition) is 10. The van der Waals surface area contributed by atoms with E-state index in [0.717, 1.165) is 6.92 Å². The average molecular weight is 590 g/mol. The number of aliphatic carboxylic acids is 1. The monoisotopic (exact) mass is 589 g/mol. The average Bonchev–Trinajstić information content (AvgIpc) is 2.94. The second-order valence-electron chi connectivity index (χ2n) is 10.0. The fourth-order valence-electron chi connectivity index (χ4n) is 5.14. The molecule has 3 rings (SSSR count). The molecule has 0 bridgehead atoms. The number of carbonyl (C=O) groups excluding carboxylic acids is 2. The van der Waals surface area contributed by atoms with Gasteiger partial charge in [-0.15, -0.1) is 0 Å². The van der Waals surface area contributed by atoms with Crippen LogP contribution in [0.25, 0.3) is 0 Å². The Labute approximate surface area is 233 Å². The van der Waals surface area contributed by atoms with Crippen molar-refractivity contribution in [1.29, 1.82) is 0 Å². The van der Waals surface area contributed by atoms with Crippen LogP contribution in [0, 0.1) is 5.92 Å². The number of ether oxygens (including phenoxy) is 3. The van der Waals surface area contributed by atoms with Crippen LogP contribution in [0.2, 0.25) is 0 Å². The molecule has 12 atom stereocenters.